The molecule has 0 unspecified atom stereocenters. The van der Waals surface area contributed by atoms with Crippen LogP contribution in [0.4, 0.5) is 13.2 Å². The summed E-state index contributed by atoms with van der Waals surface area (Å²) >= 11 is 0. The van der Waals surface area contributed by atoms with Crippen LogP contribution < -0.4 is 0 Å². The fourth-order valence-electron chi connectivity index (χ4n) is 0. The van der Waals surface area contributed by atoms with Crippen molar-refractivity contribution in [1.29, 1.82) is 0 Å². The predicted molar refractivity (Wildman–Crippen MR) is 17.3 cm³/mol. The summed E-state index contributed by atoms with van der Waals surface area (Å²) < 4.78 is 30.5. The van der Waals surface area contributed by atoms with Crippen molar-refractivity contribution in [3.63, 3.8) is 0 Å². The average Bonchev–Trinajstić information content (AvgIpc) is 1.38. The molecule has 0 aliphatic heterocycles. The van der Waals surface area contributed by atoms with E-state index in [1.807, 2.05) is 0 Å². The van der Waals surface area contributed by atoms with E-state index >= 15 is 0 Å². The van der Waals surface area contributed by atoms with Gasteiger partial charge in [0.2, 0.25) is 0 Å². The van der Waals surface area contributed by atoms with Gasteiger partial charge in [-0.05, 0) is 0 Å². The van der Waals surface area contributed by atoms with Gasteiger partial charge in [0, 0.05) is 19.5 Å². The van der Waals surface area contributed by atoms with Crippen molar-refractivity contribution < 1.29 is 32.6 Å². The van der Waals surface area contributed by atoms with Crippen LogP contribution in [-0.4, -0.2) is 0 Å². The smallest absolute Gasteiger partial charge is 0.120 e. The zero-order chi connectivity index (χ0) is 4.28. The third-order valence-corrected chi connectivity index (χ3v) is 0.0714. The number of halogens is 4. The number of hydrogen-bond acceptors (Lipinski definition) is 0. The van der Waals surface area contributed by atoms with Crippen molar-refractivity contribution in [2.24, 2.45) is 0 Å². The molecule has 0 radical (unpaired) electrons. The van der Waals surface area contributed by atoms with Crippen molar-refractivity contribution >= 4 is 12.4 Å². The van der Waals surface area contributed by atoms with E-state index in [4.69, 9.17) is 0 Å². The average molecular weight is 183 g/mol. The van der Waals surface area contributed by atoms with Crippen LogP contribution in [-0.2, 0) is 19.5 Å². The summed E-state index contributed by atoms with van der Waals surface area (Å²) in [5, 5.41) is 0. The molecule has 0 saturated heterocycles. The summed E-state index contributed by atoms with van der Waals surface area (Å²) in [4.78, 5) is 0. The van der Waals surface area contributed by atoms with Gasteiger partial charge < -0.3 is 4.39 Å². The molecule has 5 heteroatoms. The molecule has 0 aliphatic rings. The van der Waals surface area contributed by atoms with Gasteiger partial charge in [0.15, 0.2) is 0 Å². The van der Waals surface area contributed by atoms with Crippen molar-refractivity contribution in [2.45, 2.75) is 0 Å². The van der Waals surface area contributed by atoms with Crippen molar-refractivity contribution in [2.75, 3.05) is 0 Å². The van der Waals surface area contributed by atoms with Gasteiger partial charge in [-0.1, -0.05) is 0 Å². The maximum absolute atomic E-state index is 10.2. The Balaban J connectivity index is -0.0000000800. The van der Waals surface area contributed by atoms with Gasteiger partial charge in [0.25, 0.3) is 0 Å². The van der Waals surface area contributed by atoms with Gasteiger partial charge in [-0.15, -0.1) is 12.4 Å². The quantitative estimate of drug-likeness (QED) is 0.397. The molecular weight excluding hydrogens is 182 g/mol. The van der Waals surface area contributed by atoms with Crippen LogP contribution in [0.15, 0.2) is 6.08 Å². The summed E-state index contributed by atoms with van der Waals surface area (Å²) in [5.74, 6) is 0. The minimum atomic E-state index is -2.41. The molecule has 0 amide bonds. The predicted octanol–water partition coefficient (Wildman–Crippen LogP) is 1.92. The van der Waals surface area contributed by atoms with Crippen LogP contribution in [0.2, 0.25) is 0 Å². The Morgan fingerprint density at radius 2 is 1.43 bits per heavy atom. The number of rotatable bonds is 0. The zero-order valence-corrected chi connectivity index (χ0v) is 7.03. The summed E-state index contributed by atoms with van der Waals surface area (Å²) in [6.07, 6.45) is -2.30. The summed E-state index contributed by atoms with van der Waals surface area (Å²) in [6.45, 7) is 0. The first-order valence-corrected chi connectivity index (χ1v) is 0.817. The fourth-order valence-corrected chi connectivity index (χ4v) is 0. The second-order valence-electron chi connectivity index (χ2n) is 0.355. The molecule has 0 heterocycles. The number of hydrogen-bond donors (Lipinski definition) is 0. The Morgan fingerprint density at radius 1 is 1.29 bits per heavy atom. The van der Waals surface area contributed by atoms with E-state index in [0.29, 0.717) is 0 Å². The van der Waals surface area contributed by atoms with Crippen LogP contribution in [0.3, 0.4) is 0 Å². The molecule has 40 valence electrons. The first-order chi connectivity index (χ1) is 2.27. The van der Waals surface area contributed by atoms with Crippen molar-refractivity contribution in [3.8, 4) is 0 Å². The van der Waals surface area contributed by atoms with E-state index < -0.39 is 6.08 Å². The molecule has 0 nitrogen and oxygen atoms in total. The van der Waals surface area contributed by atoms with E-state index in [1.165, 1.54) is 0 Å². The molecular formula is C2HClF3Zn-. The van der Waals surface area contributed by atoms with Crippen molar-refractivity contribution in [1.82, 2.24) is 0 Å². The van der Waals surface area contributed by atoms with Gasteiger partial charge in [-0.2, -0.15) is 0 Å². The van der Waals surface area contributed by atoms with Gasteiger partial charge in [0.1, 0.15) is 6.08 Å². The van der Waals surface area contributed by atoms with Crippen LogP contribution in [0.5, 0.6) is 0 Å². The van der Waals surface area contributed by atoms with E-state index in [-0.39, 0.29) is 38.2 Å². The first-order valence-electron chi connectivity index (χ1n) is 0.817. The minimum absolute atomic E-state index is 0. The molecule has 0 aromatic carbocycles. The Kier molecular flexibility index (Phi) is 21.6. The molecule has 0 fully saturated rings. The Hall–Kier alpha value is 0.443. The topological polar surface area (TPSA) is 0 Å². The summed E-state index contributed by atoms with van der Waals surface area (Å²) in [7, 11) is 0. The van der Waals surface area contributed by atoms with Crippen LogP contribution >= 0.6 is 12.4 Å². The van der Waals surface area contributed by atoms with Crippen LogP contribution in [0.1, 0.15) is 0 Å². The maximum Gasteiger partial charge on any atom is 0.120 e. The fraction of sp³-hybridized carbons (Fsp3) is 0. The largest absolute Gasteiger partial charge is 0.453 e. The van der Waals surface area contributed by atoms with Gasteiger partial charge in [-0.3, -0.25) is 0 Å². The monoisotopic (exact) mass is 181 g/mol. The SMILES string of the molecule is Cl.F[C-]=C(F)F.[Zn]. The molecule has 0 N–H and O–H groups in total. The molecule has 7 heavy (non-hydrogen) atoms. The van der Waals surface area contributed by atoms with E-state index in [9.17, 15) is 13.2 Å². The van der Waals surface area contributed by atoms with E-state index in [1.54, 1.807) is 0 Å². The normalized spacial score (nSPS) is 5.00. The van der Waals surface area contributed by atoms with Gasteiger partial charge >= 0.3 is 0 Å². The first kappa shape index (κ1) is 15.7. The van der Waals surface area contributed by atoms with Crippen LogP contribution in [0.25, 0.3) is 0 Å². The van der Waals surface area contributed by atoms with Gasteiger partial charge in [0.05, 0.1) is 0 Å². The molecule has 0 aliphatic carbocycles. The van der Waals surface area contributed by atoms with E-state index in [0.717, 1.165) is 0 Å². The van der Waals surface area contributed by atoms with Gasteiger partial charge in [-0.25, -0.2) is 15.1 Å². The second-order valence-corrected chi connectivity index (χ2v) is 0.355. The second kappa shape index (κ2) is 9.67. The molecule has 0 rings (SSSR count). The molecule has 0 spiro atoms. The zero-order valence-electron chi connectivity index (χ0n) is 3.25. The maximum atomic E-state index is 10.2. The molecule has 0 bridgehead atoms. The Labute approximate surface area is 57.9 Å². The molecule has 0 saturated carbocycles. The Morgan fingerprint density at radius 3 is 1.43 bits per heavy atom. The third-order valence-electron chi connectivity index (χ3n) is 0.0714. The molecule has 0 atom stereocenters. The minimum Gasteiger partial charge on any atom is -0.453 e. The standard InChI is InChI=1S/C2F3.ClH.Zn/c3-1-2(4)5;;/h;1H;/q-1;;. The summed E-state index contributed by atoms with van der Waals surface area (Å²) in [5.41, 5.74) is 0. The van der Waals surface area contributed by atoms with Crippen LogP contribution in [0, 0.1) is 6.33 Å². The summed E-state index contributed by atoms with van der Waals surface area (Å²) in [6, 6.07) is 0. The Bertz CT molecular complexity index is 50.9. The van der Waals surface area contributed by atoms with Crippen molar-refractivity contribution in [3.05, 3.63) is 12.4 Å². The van der Waals surface area contributed by atoms with E-state index in [2.05, 4.69) is 0 Å². The molecule has 0 aromatic rings. The third kappa shape index (κ3) is 21.3. The molecule has 0 aromatic heterocycles.